The lowest BCUT2D eigenvalue weighted by Gasteiger charge is -2.11. The van der Waals surface area contributed by atoms with Gasteiger partial charge < -0.3 is 5.32 Å². The average Bonchev–Trinajstić information content (AvgIpc) is 3.30. The number of carbonyl (C=O) groups is 2. The Labute approximate surface area is 204 Å². The van der Waals surface area contributed by atoms with Crippen LogP contribution in [0.3, 0.4) is 0 Å². The molecule has 12 nitrogen and oxygen atoms in total. The SMILES string of the molecule is C=C(C(=O)Nc1cccc(-c2cnc(C(F)(F)F)nc2)n1)n1cnc2c1c(=O)n(CC(C)=O)c(=O)n2C. The minimum atomic E-state index is -4.69. The number of Topliss-reactive ketones (excluding diaryl/α,β-unsaturated/α-hetero) is 1. The van der Waals surface area contributed by atoms with Crippen molar-refractivity contribution in [3.8, 4) is 11.3 Å². The Bertz CT molecular complexity index is 1680. The van der Waals surface area contributed by atoms with E-state index in [9.17, 15) is 32.3 Å². The Balaban J connectivity index is 1.63. The lowest BCUT2D eigenvalue weighted by atomic mass is 10.2. The Morgan fingerprint density at radius 3 is 2.41 bits per heavy atom. The standard InChI is InChI=1S/C22H17F3N8O4/c1-11(34)9-32-19(36)16-17(31(3)21(32)37)28-10-33(16)12(2)18(35)30-15-6-4-5-14(29-15)13-7-26-20(27-8-13)22(23,24)25/h4-8,10H,2,9H2,1,3H3,(H,29,30,35). The molecular weight excluding hydrogens is 497 g/mol. The highest BCUT2D eigenvalue weighted by Crippen LogP contribution is 2.27. The molecule has 4 aromatic rings. The van der Waals surface area contributed by atoms with Crippen molar-refractivity contribution in [2.24, 2.45) is 7.05 Å². The molecule has 4 aromatic heterocycles. The van der Waals surface area contributed by atoms with Crippen molar-refractivity contribution in [1.82, 2.24) is 33.6 Å². The summed E-state index contributed by atoms with van der Waals surface area (Å²) in [5.74, 6) is -2.50. The van der Waals surface area contributed by atoms with Crippen molar-refractivity contribution in [2.45, 2.75) is 19.6 Å². The van der Waals surface area contributed by atoms with Gasteiger partial charge in [0.05, 0.1) is 12.2 Å². The first-order valence-electron chi connectivity index (χ1n) is 10.4. The number of ketones is 1. The van der Waals surface area contributed by atoms with Crippen LogP contribution in [0.1, 0.15) is 12.7 Å². The summed E-state index contributed by atoms with van der Waals surface area (Å²) in [5.41, 5.74) is -1.64. The third kappa shape index (κ3) is 4.78. The van der Waals surface area contributed by atoms with Gasteiger partial charge in [0.15, 0.2) is 11.2 Å². The van der Waals surface area contributed by atoms with E-state index in [0.717, 1.165) is 32.4 Å². The minimum Gasteiger partial charge on any atom is -0.305 e. The molecule has 4 rings (SSSR count). The van der Waals surface area contributed by atoms with Gasteiger partial charge >= 0.3 is 11.9 Å². The van der Waals surface area contributed by atoms with Crippen molar-refractivity contribution in [3.05, 3.63) is 70.2 Å². The van der Waals surface area contributed by atoms with Crippen LogP contribution in [0, 0.1) is 0 Å². The van der Waals surface area contributed by atoms with Crippen molar-refractivity contribution >= 4 is 34.4 Å². The summed E-state index contributed by atoms with van der Waals surface area (Å²) in [5, 5.41) is 2.48. The number of nitrogens with one attached hydrogen (secondary N) is 1. The molecule has 15 heteroatoms. The first-order chi connectivity index (χ1) is 17.4. The van der Waals surface area contributed by atoms with Gasteiger partial charge in [0.1, 0.15) is 23.6 Å². The van der Waals surface area contributed by atoms with Gasteiger partial charge in [-0.2, -0.15) is 13.2 Å². The fourth-order valence-corrected chi connectivity index (χ4v) is 3.41. The summed E-state index contributed by atoms with van der Waals surface area (Å²) in [4.78, 5) is 64.7. The molecule has 0 fully saturated rings. The van der Waals surface area contributed by atoms with Gasteiger partial charge in [-0.1, -0.05) is 12.6 Å². The Kier molecular flexibility index (Phi) is 6.29. The second kappa shape index (κ2) is 9.25. The molecule has 1 amide bonds. The largest absolute Gasteiger partial charge is 0.451 e. The number of alkyl halides is 3. The topological polar surface area (TPSA) is 147 Å². The van der Waals surface area contributed by atoms with E-state index >= 15 is 0 Å². The minimum absolute atomic E-state index is 0.0221. The molecule has 0 unspecified atom stereocenters. The number of aromatic nitrogens is 7. The lowest BCUT2D eigenvalue weighted by Crippen LogP contribution is -2.41. The predicted octanol–water partition coefficient (Wildman–Crippen LogP) is 1.47. The van der Waals surface area contributed by atoms with E-state index in [0.29, 0.717) is 0 Å². The summed E-state index contributed by atoms with van der Waals surface area (Å²) >= 11 is 0. The molecule has 0 saturated heterocycles. The Morgan fingerprint density at radius 2 is 1.78 bits per heavy atom. The first kappa shape index (κ1) is 25.2. The predicted molar refractivity (Wildman–Crippen MR) is 124 cm³/mol. The van der Waals surface area contributed by atoms with Crippen molar-refractivity contribution in [1.29, 1.82) is 0 Å². The van der Waals surface area contributed by atoms with Crippen LogP contribution in [0.15, 0.2) is 53.1 Å². The molecule has 0 saturated carbocycles. The highest BCUT2D eigenvalue weighted by molar-refractivity contribution is 6.20. The van der Waals surface area contributed by atoms with Gasteiger partial charge in [-0.15, -0.1) is 0 Å². The summed E-state index contributed by atoms with van der Waals surface area (Å²) < 4.78 is 41.0. The van der Waals surface area contributed by atoms with Crippen LogP contribution in [0.4, 0.5) is 19.0 Å². The van der Waals surface area contributed by atoms with Gasteiger partial charge in [0.2, 0.25) is 5.82 Å². The molecule has 0 spiro atoms. The summed E-state index contributed by atoms with van der Waals surface area (Å²) in [6.45, 7) is 4.45. The van der Waals surface area contributed by atoms with Crippen LogP contribution in [0.5, 0.6) is 0 Å². The zero-order valence-electron chi connectivity index (χ0n) is 19.3. The third-order valence-electron chi connectivity index (χ3n) is 5.16. The number of fused-ring (bicyclic) bond motifs is 1. The molecule has 0 aliphatic carbocycles. The van der Waals surface area contributed by atoms with Crippen LogP contribution in [0.25, 0.3) is 28.1 Å². The van der Waals surface area contributed by atoms with Crippen LogP contribution in [0.2, 0.25) is 0 Å². The maximum atomic E-state index is 13.0. The molecule has 1 N–H and O–H groups in total. The zero-order valence-corrected chi connectivity index (χ0v) is 19.3. The highest BCUT2D eigenvalue weighted by Gasteiger charge is 2.34. The molecule has 0 bridgehead atoms. The van der Waals surface area contributed by atoms with Gasteiger partial charge in [-0.3, -0.25) is 28.1 Å². The molecule has 37 heavy (non-hydrogen) atoms. The Morgan fingerprint density at radius 1 is 1.11 bits per heavy atom. The van der Waals surface area contributed by atoms with E-state index < -0.39 is 41.5 Å². The van der Waals surface area contributed by atoms with E-state index in [1.807, 2.05) is 0 Å². The summed E-state index contributed by atoms with van der Waals surface area (Å²) in [6, 6.07) is 4.41. The zero-order chi connectivity index (χ0) is 27.1. The van der Waals surface area contributed by atoms with E-state index in [4.69, 9.17) is 0 Å². The van der Waals surface area contributed by atoms with Crippen LogP contribution >= 0.6 is 0 Å². The monoisotopic (exact) mass is 514 g/mol. The molecule has 190 valence electrons. The lowest BCUT2D eigenvalue weighted by molar-refractivity contribution is -0.145. The van der Waals surface area contributed by atoms with E-state index in [1.165, 1.54) is 32.2 Å². The fourth-order valence-electron chi connectivity index (χ4n) is 3.41. The number of carbonyl (C=O) groups excluding carboxylic acids is 2. The van der Waals surface area contributed by atoms with E-state index in [2.05, 4.69) is 31.8 Å². The number of halogens is 3. The first-order valence-corrected chi connectivity index (χ1v) is 10.4. The maximum Gasteiger partial charge on any atom is 0.451 e. The second-order valence-electron chi connectivity index (χ2n) is 7.82. The fraction of sp³-hybridized carbons (Fsp3) is 0.182. The van der Waals surface area contributed by atoms with Gasteiger partial charge in [0.25, 0.3) is 11.5 Å². The number of amides is 1. The molecule has 0 aliphatic heterocycles. The number of nitrogens with zero attached hydrogens (tertiary/aromatic N) is 7. The van der Waals surface area contributed by atoms with E-state index in [-0.39, 0.29) is 33.9 Å². The Hall–Kier alpha value is -4.95. The van der Waals surface area contributed by atoms with Crippen LogP contribution in [-0.4, -0.2) is 45.3 Å². The number of hydrogen-bond donors (Lipinski definition) is 1. The number of anilines is 1. The number of imidazole rings is 1. The van der Waals surface area contributed by atoms with Crippen LogP contribution < -0.4 is 16.6 Å². The normalized spacial score (nSPS) is 11.5. The molecule has 0 aliphatic rings. The van der Waals surface area contributed by atoms with Crippen molar-refractivity contribution in [3.63, 3.8) is 0 Å². The van der Waals surface area contributed by atoms with Gasteiger partial charge in [0, 0.05) is 25.0 Å². The summed E-state index contributed by atoms with van der Waals surface area (Å²) in [6.07, 6.45) is -1.65. The van der Waals surface area contributed by atoms with Crippen molar-refractivity contribution in [2.75, 3.05) is 5.32 Å². The second-order valence-corrected chi connectivity index (χ2v) is 7.82. The smallest absolute Gasteiger partial charge is 0.305 e. The quantitative estimate of drug-likeness (QED) is 0.381. The highest BCUT2D eigenvalue weighted by atomic mass is 19.4. The molecule has 0 radical (unpaired) electrons. The third-order valence-corrected chi connectivity index (χ3v) is 5.16. The van der Waals surface area contributed by atoms with Gasteiger partial charge in [-0.05, 0) is 19.1 Å². The molecule has 4 heterocycles. The average molecular weight is 514 g/mol. The maximum absolute atomic E-state index is 13.0. The molecule has 0 atom stereocenters. The number of pyridine rings is 1. The number of rotatable bonds is 6. The van der Waals surface area contributed by atoms with Crippen LogP contribution in [-0.2, 0) is 29.4 Å². The number of hydrogen-bond acceptors (Lipinski definition) is 8. The van der Waals surface area contributed by atoms with Crippen molar-refractivity contribution < 1.29 is 22.8 Å². The molecule has 0 aromatic carbocycles. The van der Waals surface area contributed by atoms with E-state index in [1.54, 1.807) is 0 Å². The number of aryl methyl sites for hydroxylation is 1. The van der Waals surface area contributed by atoms with Gasteiger partial charge in [-0.25, -0.2) is 24.7 Å². The molecular formula is C22H17F3N8O4. The summed E-state index contributed by atoms with van der Waals surface area (Å²) in [7, 11) is 1.36.